The molecule has 0 amide bonds. The third kappa shape index (κ3) is 17.2. The zero-order valence-corrected chi connectivity index (χ0v) is 50.2. The number of ketones is 2. The summed E-state index contributed by atoms with van der Waals surface area (Å²) in [4.78, 5) is 64.1. The Bertz CT molecular complexity index is 2890. The number of thioether (sulfide) groups is 1. The highest BCUT2D eigenvalue weighted by atomic mass is 79.9. The number of anilines is 6. The minimum absolute atomic E-state index is 0. The average Bonchev–Trinajstić information content (AvgIpc) is 4.31. The van der Waals surface area contributed by atoms with E-state index in [1.165, 1.54) is 151 Å². The smallest absolute Gasteiger partial charge is 0.311 e. The van der Waals surface area contributed by atoms with Crippen molar-refractivity contribution in [3.05, 3.63) is 121 Å². The number of nitro benzene ring substituents is 2. The number of halogens is 1. The summed E-state index contributed by atoms with van der Waals surface area (Å²) in [6.07, 6.45) is 10.4. The number of nitrogen functional groups attached to an aromatic ring is 1. The lowest BCUT2D eigenvalue weighted by Gasteiger charge is -2.37. The first-order valence-electron chi connectivity index (χ1n) is 26.0. The minimum atomic E-state index is -0.585. The number of nitrogens with zero attached hydrogens (tertiary/aromatic N) is 8. The monoisotopic (exact) mass is 1220 g/mol. The van der Waals surface area contributed by atoms with Crippen molar-refractivity contribution in [1.82, 2.24) is 14.8 Å². The van der Waals surface area contributed by atoms with E-state index in [1.54, 1.807) is 0 Å². The van der Waals surface area contributed by atoms with Gasteiger partial charge in [-0.3, -0.25) is 29.8 Å². The summed E-state index contributed by atoms with van der Waals surface area (Å²) in [7, 11) is 2.68. The molecule has 5 aromatic rings. The van der Waals surface area contributed by atoms with E-state index in [2.05, 4.69) is 92.5 Å². The van der Waals surface area contributed by atoms with Crippen LogP contribution < -0.4 is 41.4 Å². The van der Waals surface area contributed by atoms with Crippen LogP contribution in [0.25, 0.3) is 0 Å². The molecule has 79 heavy (non-hydrogen) atoms. The standard InChI is InChI=1S/C26H30N6O4S.C19H29N5S2.C9H8BrNO4.H3P/c1-36-22-9-4-17(16-21(22)32(34)35)23(33)24-25(27)29-26(37-24)28-18-5-7-19(8-6-18)31-14-10-20(11-15-31)30-12-2-3-13-30;1-2-26-18(20)22-19(25)21-15-5-7-16(8-6-15)24-13-9-17(10-14-24)23-11-3-4-12-23;1-15-9-3-2-6(8(12)5-10)4-7(9)11(13)14;/h4-9,16,20H,2-3,10-15,27H2,1H3,(H,28,29);5-8,17H,2-4,9-14H2,1H3,(H3,20,21,22,25);2-4H,5H2,1H3;1H3. The Kier molecular flexibility index (Phi) is 24.0. The van der Waals surface area contributed by atoms with E-state index in [0.29, 0.717) is 21.0 Å². The Morgan fingerprint density at radius 1 is 0.759 bits per heavy atom. The van der Waals surface area contributed by atoms with Gasteiger partial charge in [-0.15, -0.1) is 0 Å². The van der Waals surface area contributed by atoms with Crippen molar-refractivity contribution >= 4 is 128 Å². The zero-order chi connectivity index (χ0) is 55.7. The summed E-state index contributed by atoms with van der Waals surface area (Å²) in [6, 6.07) is 26.3. The van der Waals surface area contributed by atoms with E-state index in [9.17, 15) is 29.8 Å². The summed E-state index contributed by atoms with van der Waals surface area (Å²) in [6.45, 7) is 11.5. The van der Waals surface area contributed by atoms with E-state index >= 15 is 0 Å². The van der Waals surface area contributed by atoms with Crippen molar-refractivity contribution in [2.75, 3.05) is 104 Å². The number of hydrogen-bond donors (Lipinski definition) is 4. The third-order valence-corrected chi connectivity index (χ3v) is 16.4. The number of piperidine rings is 2. The number of Topliss-reactive ketones (excluding diaryl/α,β-unsaturated/α-hetero) is 1. The van der Waals surface area contributed by atoms with Crippen LogP contribution >= 0.6 is 61.1 Å². The molecule has 4 aromatic carbocycles. The lowest BCUT2D eigenvalue weighted by Crippen LogP contribution is -2.43. The molecule has 1 atom stereocenters. The van der Waals surface area contributed by atoms with Crippen LogP contribution in [-0.2, 0) is 0 Å². The van der Waals surface area contributed by atoms with Gasteiger partial charge in [0.1, 0.15) is 10.7 Å². The number of nitro groups is 2. The number of aliphatic imine (C=N–C) groups is 1. The van der Waals surface area contributed by atoms with Crippen LogP contribution in [0.15, 0.2) is 89.9 Å². The number of thiocarbonyl (C=S) groups is 1. The third-order valence-electron chi connectivity index (χ3n) is 14.0. The Morgan fingerprint density at radius 3 is 1.66 bits per heavy atom. The predicted molar refractivity (Wildman–Crippen MR) is 333 cm³/mol. The molecule has 6 N–H and O–H groups in total. The van der Waals surface area contributed by atoms with Crippen LogP contribution in [0.4, 0.5) is 45.1 Å². The van der Waals surface area contributed by atoms with Gasteiger partial charge in [0, 0.05) is 84.3 Å². The van der Waals surface area contributed by atoms with E-state index < -0.39 is 15.6 Å². The summed E-state index contributed by atoms with van der Waals surface area (Å²) >= 11 is 10.8. The molecule has 25 heteroatoms. The number of rotatable bonds is 16. The van der Waals surface area contributed by atoms with E-state index in [1.807, 2.05) is 19.1 Å². The second-order valence-corrected chi connectivity index (χ2v) is 22.1. The van der Waals surface area contributed by atoms with Gasteiger partial charge in [0.05, 0.1) is 29.4 Å². The van der Waals surface area contributed by atoms with Gasteiger partial charge in [0.2, 0.25) is 5.78 Å². The van der Waals surface area contributed by atoms with Gasteiger partial charge in [-0.25, -0.2) is 4.98 Å². The number of alkyl halides is 1. The topological polar surface area (TPSA) is 253 Å². The first kappa shape index (κ1) is 62.2. The van der Waals surface area contributed by atoms with Gasteiger partial charge < -0.3 is 51.2 Å². The molecule has 0 spiro atoms. The normalized spacial score (nSPS) is 16.1. The highest BCUT2D eigenvalue weighted by molar-refractivity contribution is 9.09. The second-order valence-electron chi connectivity index (χ2n) is 18.9. The summed E-state index contributed by atoms with van der Waals surface area (Å²) < 4.78 is 9.82. The minimum Gasteiger partial charge on any atom is -0.490 e. The van der Waals surface area contributed by atoms with Crippen molar-refractivity contribution in [2.24, 2.45) is 10.7 Å². The van der Waals surface area contributed by atoms with Crippen LogP contribution in [-0.4, -0.2) is 136 Å². The lowest BCUT2D eigenvalue weighted by molar-refractivity contribution is -0.385. The number of carbonyl (C=O) groups excluding carboxylic acids is 2. The Labute approximate surface area is 486 Å². The molecule has 9 rings (SSSR count). The fourth-order valence-electron chi connectivity index (χ4n) is 9.99. The highest BCUT2D eigenvalue weighted by Gasteiger charge is 2.29. The molecule has 424 valence electrons. The molecule has 0 radical (unpaired) electrons. The lowest BCUT2D eigenvalue weighted by atomic mass is 10.0. The predicted octanol–water partition coefficient (Wildman–Crippen LogP) is 10.4. The number of benzene rings is 4. The number of methoxy groups -OCH3 is 2. The molecular formula is C54H70BrN12O8PS3. The number of amidine groups is 1. The largest absolute Gasteiger partial charge is 0.490 e. The van der Waals surface area contributed by atoms with Crippen molar-refractivity contribution < 1.29 is 28.9 Å². The zero-order valence-electron chi connectivity index (χ0n) is 44.8. The molecule has 4 fully saturated rings. The van der Waals surface area contributed by atoms with Crippen molar-refractivity contribution in [2.45, 2.75) is 70.4 Å². The molecule has 0 bridgehead atoms. The highest BCUT2D eigenvalue weighted by Crippen LogP contribution is 2.35. The molecule has 5 heterocycles. The molecule has 4 aliphatic heterocycles. The number of ether oxygens (including phenoxy) is 2. The maximum Gasteiger partial charge on any atom is 0.311 e. The quantitative estimate of drug-likeness (QED) is 0.0105. The van der Waals surface area contributed by atoms with Gasteiger partial charge in [-0.2, -0.15) is 14.9 Å². The molecule has 4 aliphatic rings. The number of aromatic nitrogens is 1. The molecular weight excluding hydrogens is 1150 g/mol. The van der Waals surface area contributed by atoms with Gasteiger partial charge in [-0.1, -0.05) is 46.0 Å². The van der Waals surface area contributed by atoms with Crippen LogP contribution in [0.1, 0.15) is 83.9 Å². The Morgan fingerprint density at radius 2 is 1.22 bits per heavy atom. The van der Waals surface area contributed by atoms with Gasteiger partial charge in [-0.05, 0) is 168 Å². The Hall–Kier alpha value is -6.01. The van der Waals surface area contributed by atoms with Crippen molar-refractivity contribution in [1.29, 1.82) is 0 Å². The number of likely N-dealkylation sites (tertiary alicyclic amines) is 2. The Balaban J connectivity index is 0.000000209. The SMILES string of the molecule is CCSC(N)=NC(=S)Nc1ccc(N2CCC(N3CCCC3)CC2)cc1.COc1ccc(C(=O)CBr)cc1[N+](=O)[O-].COc1ccc(C(=O)c2sc(Nc3ccc(N4CCC(N5CCCC5)CC4)cc3)nc2N)cc1[N+](=O)[O-].P. The molecule has 1 aromatic heterocycles. The first-order valence-corrected chi connectivity index (χ1v) is 29.3. The number of hydrogen-bond acceptors (Lipinski definition) is 18. The summed E-state index contributed by atoms with van der Waals surface area (Å²) in [5.74, 6) is 0.559. The number of carbonyl (C=O) groups is 2. The molecule has 0 saturated carbocycles. The second kappa shape index (κ2) is 30.5. The van der Waals surface area contributed by atoms with Crippen LogP contribution in [0.5, 0.6) is 11.5 Å². The molecule has 4 saturated heterocycles. The van der Waals surface area contributed by atoms with Crippen molar-refractivity contribution in [3.63, 3.8) is 0 Å². The van der Waals surface area contributed by atoms with E-state index in [4.69, 9.17) is 33.2 Å². The summed E-state index contributed by atoms with van der Waals surface area (Å²) in [5, 5.41) is 29.8. The van der Waals surface area contributed by atoms with Crippen LogP contribution in [0.2, 0.25) is 0 Å². The average molecular weight is 1220 g/mol. The van der Waals surface area contributed by atoms with Gasteiger partial charge >= 0.3 is 11.4 Å². The first-order chi connectivity index (χ1) is 37.7. The van der Waals surface area contributed by atoms with Crippen LogP contribution in [0, 0.1) is 20.2 Å². The summed E-state index contributed by atoms with van der Waals surface area (Å²) in [5.41, 5.74) is 16.0. The fourth-order valence-corrected chi connectivity index (χ4v) is 11.9. The maximum atomic E-state index is 13.0. The number of nitrogens with one attached hydrogen (secondary N) is 2. The molecule has 0 aliphatic carbocycles. The van der Waals surface area contributed by atoms with Crippen molar-refractivity contribution in [3.8, 4) is 11.5 Å². The van der Waals surface area contributed by atoms with Gasteiger partial charge in [0.25, 0.3) is 0 Å². The number of nitrogens with two attached hydrogens (primary N) is 2. The van der Waals surface area contributed by atoms with E-state index in [-0.39, 0.29) is 60.1 Å². The molecule has 1 unspecified atom stereocenters. The van der Waals surface area contributed by atoms with E-state index in [0.717, 1.165) is 66.7 Å². The van der Waals surface area contributed by atoms with Gasteiger partial charge in [0.15, 0.2) is 32.7 Å². The fraction of sp³-hybridized carbons (Fsp3) is 0.426. The molecule has 20 nitrogen and oxygen atoms in total. The van der Waals surface area contributed by atoms with Crippen LogP contribution in [0.3, 0.4) is 0 Å². The maximum absolute atomic E-state index is 13.0. The number of thiazole rings is 1.